The van der Waals surface area contributed by atoms with E-state index in [0.717, 1.165) is 20.9 Å². The van der Waals surface area contributed by atoms with Crippen LogP contribution in [0.3, 0.4) is 0 Å². The first-order chi connectivity index (χ1) is 14.1. The molecule has 3 aromatic carbocycles. The number of hydrogen-bond acceptors (Lipinski definition) is 6. The first-order valence-corrected chi connectivity index (χ1v) is 9.59. The molecule has 8 heteroatoms. The van der Waals surface area contributed by atoms with Crippen LogP contribution >= 0.6 is 15.9 Å². The Morgan fingerprint density at radius 1 is 0.897 bits per heavy atom. The van der Waals surface area contributed by atoms with Crippen LogP contribution < -0.4 is 21.9 Å². The Balaban J connectivity index is 1.53. The molecular formula is C21H17BrN6O. The minimum absolute atomic E-state index is 0.279. The number of nitrogens with one attached hydrogen (secondary N) is 3. The van der Waals surface area contributed by atoms with Gasteiger partial charge in [-0.25, -0.2) is 9.97 Å². The second-order valence-corrected chi connectivity index (χ2v) is 7.05. The number of benzene rings is 3. The number of anilines is 4. The van der Waals surface area contributed by atoms with Gasteiger partial charge in [-0.2, -0.15) is 0 Å². The van der Waals surface area contributed by atoms with E-state index in [-0.39, 0.29) is 11.6 Å². The molecular weight excluding hydrogens is 432 g/mol. The second-order valence-electron chi connectivity index (χ2n) is 6.20. The zero-order valence-corrected chi connectivity index (χ0v) is 16.8. The summed E-state index contributed by atoms with van der Waals surface area (Å²) >= 11 is 3.47. The first-order valence-electron chi connectivity index (χ1n) is 8.79. The van der Waals surface area contributed by atoms with Crippen molar-refractivity contribution in [3.8, 4) is 0 Å². The van der Waals surface area contributed by atoms with E-state index in [2.05, 4.69) is 42.1 Å². The molecule has 0 saturated carbocycles. The van der Waals surface area contributed by atoms with Crippen LogP contribution in [0.4, 0.5) is 23.0 Å². The van der Waals surface area contributed by atoms with E-state index in [1.165, 1.54) is 6.33 Å². The monoisotopic (exact) mass is 448 g/mol. The van der Waals surface area contributed by atoms with Gasteiger partial charge in [0.15, 0.2) is 11.6 Å². The highest BCUT2D eigenvalue weighted by atomic mass is 79.9. The Bertz CT molecular complexity index is 1190. The molecule has 4 aromatic rings. The highest BCUT2D eigenvalue weighted by Crippen LogP contribution is 2.29. The van der Waals surface area contributed by atoms with Crippen LogP contribution in [0.15, 0.2) is 77.5 Å². The molecule has 29 heavy (non-hydrogen) atoms. The van der Waals surface area contributed by atoms with Crippen LogP contribution in [0.2, 0.25) is 0 Å². The lowest BCUT2D eigenvalue weighted by Gasteiger charge is -2.14. The molecule has 144 valence electrons. The molecule has 1 amide bonds. The molecule has 0 bridgehead atoms. The van der Waals surface area contributed by atoms with Gasteiger partial charge in [-0.15, -0.1) is 0 Å². The molecule has 0 unspecified atom stereocenters. The lowest BCUT2D eigenvalue weighted by molar-refractivity contribution is 0.0964. The van der Waals surface area contributed by atoms with Gasteiger partial charge in [0.1, 0.15) is 12.0 Å². The zero-order chi connectivity index (χ0) is 20.2. The number of nitrogens with zero attached hydrogens (tertiary/aromatic N) is 2. The van der Waals surface area contributed by atoms with Crippen LogP contribution in [0.1, 0.15) is 10.4 Å². The van der Waals surface area contributed by atoms with Gasteiger partial charge in [-0.3, -0.25) is 15.6 Å². The van der Waals surface area contributed by atoms with Crippen LogP contribution in [0, 0.1) is 0 Å². The SMILES string of the molecule is Nc1c(NNC(=O)c2cccc3ccccc23)ncnc1Nc1ccccc1Br. The number of carbonyl (C=O) groups excluding carboxylic acids is 1. The van der Waals surface area contributed by atoms with E-state index >= 15 is 0 Å². The quantitative estimate of drug-likeness (QED) is 0.335. The van der Waals surface area contributed by atoms with Crippen LogP contribution in [-0.4, -0.2) is 15.9 Å². The van der Waals surface area contributed by atoms with Crippen molar-refractivity contribution in [1.29, 1.82) is 0 Å². The molecule has 0 aliphatic heterocycles. The summed E-state index contributed by atoms with van der Waals surface area (Å²) in [6.07, 6.45) is 1.36. The fourth-order valence-electron chi connectivity index (χ4n) is 2.89. The van der Waals surface area contributed by atoms with Gasteiger partial charge in [0.05, 0.1) is 5.69 Å². The van der Waals surface area contributed by atoms with Crippen LogP contribution in [-0.2, 0) is 0 Å². The summed E-state index contributed by atoms with van der Waals surface area (Å²) in [5.74, 6) is 0.428. The number of rotatable bonds is 5. The molecule has 7 nitrogen and oxygen atoms in total. The number of carbonyl (C=O) groups is 1. The fraction of sp³-hybridized carbons (Fsp3) is 0. The van der Waals surface area contributed by atoms with E-state index < -0.39 is 0 Å². The number of para-hydroxylation sites is 1. The largest absolute Gasteiger partial charge is 0.393 e. The maximum absolute atomic E-state index is 12.7. The van der Waals surface area contributed by atoms with E-state index in [1.807, 2.05) is 60.7 Å². The molecule has 0 atom stereocenters. The Morgan fingerprint density at radius 3 is 2.48 bits per heavy atom. The predicted octanol–water partition coefficient (Wildman–Crippen LogP) is 4.48. The van der Waals surface area contributed by atoms with Crippen molar-refractivity contribution in [2.24, 2.45) is 0 Å². The highest BCUT2D eigenvalue weighted by molar-refractivity contribution is 9.10. The van der Waals surface area contributed by atoms with E-state index in [9.17, 15) is 4.79 Å². The average molecular weight is 449 g/mol. The van der Waals surface area contributed by atoms with Gasteiger partial charge in [0.25, 0.3) is 5.91 Å². The van der Waals surface area contributed by atoms with Gasteiger partial charge in [-0.1, -0.05) is 48.5 Å². The van der Waals surface area contributed by atoms with Crippen LogP contribution in [0.5, 0.6) is 0 Å². The lowest BCUT2D eigenvalue weighted by Crippen LogP contribution is -2.30. The molecule has 4 rings (SSSR count). The fourth-order valence-corrected chi connectivity index (χ4v) is 3.28. The minimum Gasteiger partial charge on any atom is -0.393 e. The van der Waals surface area contributed by atoms with E-state index in [1.54, 1.807) is 6.07 Å². The van der Waals surface area contributed by atoms with Gasteiger partial charge < -0.3 is 11.1 Å². The summed E-state index contributed by atoms with van der Waals surface area (Å²) in [5.41, 5.74) is 13.3. The van der Waals surface area contributed by atoms with Crippen molar-refractivity contribution in [1.82, 2.24) is 15.4 Å². The summed E-state index contributed by atoms with van der Waals surface area (Å²) in [6.45, 7) is 0. The number of hydrazine groups is 1. The molecule has 0 saturated heterocycles. The standard InChI is InChI=1S/C21H17BrN6O/c22-16-10-3-4-11-17(16)26-19-18(23)20(25-12-24-19)27-28-21(29)15-9-5-7-13-6-1-2-8-14(13)15/h1-12H,23H2,(H,28,29)(H2,24,25,26,27). The van der Waals surface area contributed by atoms with E-state index in [0.29, 0.717) is 17.2 Å². The number of fused-ring (bicyclic) bond motifs is 1. The van der Waals surface area contributed by atoms with Crippen molar-refractivity contribution >= 4 is 55.6 Å². The molecule has 0 fully saturated rings. The number of nitrogen functional groups attached to an aromatic ring is 1. The molecule has 1 aromatic heterocycles. The third-order valence-corrected chi connectivity index (χ3v) is 5.03. The molecule has 0 aliphatic carbocycles. The maximum Gasteiger partial charge on any atom is 0.270 e. The molecule has 5 N–H and O–H groups in total. The second kappa shape index (κ2) is 8.15. The molecule has 0 aliphatic rings. The zero-order valence-electron chi connectivity index (χ0n) is 15.2. The number of nitrogens with two attached hydrogens (primary N) is 1. The third-order valence-electron chi connectivity index (χ3n) is 4.34. The summed E-state index contributed by atoms with van der Waals surface area (Å²) in [4.78, 5) is 21.0. The number of hydrogen-bond donors (Lipinski definition) is 4. The Kier molecular flexibility index (Phi) is 5.26. The molecule has 0 spiro atoms. The Hall–Kier alpha value is -3.65. The number of halogens is 1. The lowest BCUT2D eigenvalue weighted by atomic mass is 10.0. The summed E-state index contributed by atoms with van der Waals surface area (Å²) in [7, 11) is 0. The predicted molar refractivity (Wildman–Crippen MR) is 119 cm³/mol. The molecule has 1 heterocycles. The average Bonchev–Trinajstić information content (AvgIpc) is 2.75. The van der Waals surface area contributed by atoms with Crippen molar-refractivity contribution in [2.75, 3.05) is 16.5 Å². The Morgan fingerprint density at radius 2 is 1.62 bits per heavy atom. The van der Waals surface area contributed by atoms with Gasteiger partial charge >= 0.3 is 0 Å². The third kappa shape index (κ3) is 3.97. The number of amides is 1. The first kappa shape index (κ1) is 18.7. The van der Waals surface area contributed by atoms with Gasteiger partial charge in [0, 0.05) is 10.0 Å². The number of aromatic nitrogens is 2. The van der Waals surface area contributed by atoms with Crippen molar-refractivity contribution in [2.45, 2.75) is 0 Å². The van der Waals surface area contributed by atoms with E-state index in [4.69, 9.17) is 5.73 Å². The summed E-state index contributed by atoms with van der Waals surface area (Å²) in [6, 6.07) is 20.9. The van der Waals surface area contributed by atoms with Crippen LogP contribution in [0.25, 0.3) is 10.8 Å². The van der Waals surface area contributed by atoms with Gasteiger partial charge in [0.2, 0.25) is 0 Å². The maximum atomic E-state index is 12.7. The highest BCUT2D eigenvalue weighted by Gasteiger charge is 2.13. The Labute approximate surface area is 175 Å². The van der Waals surface area contributed by atoms with Crippen molar-refractivity contribution < 1.29 is 4.79 Å². The summed E-state index contributed by atoms with van der Waals surface area (Å²) in [5, 5.41) is 5.00. The minimum atomic E-state index is -0.292. The topological polar surface area (TPSA) is 105 Å². The molecule has 0 radical (unpaired) electrons. The van der Waals surface area contributed by atoms with Crippen molar-refractivity contribution in [3.63, 3.8) is 0 Å². The summed E-state index contributed by atoms with van der Waals surface area (Å²) < 4.78 is 0.872. The smallest absolute Gasteiger partial charge is 0.270 e. The van der Waals surface area contributed by atoms with Gasteiger partial charge in [-0.05, 0) is 44.9 Å². The van der Waals surface area contributed by atoms with Crippen molar-refractivity contribution in [3.05, 3.63) is 83.1 Å². The normalized spacial score (nSPS) is 10.5.